The number of nitrogens with zero attached hydrogens (tertiary/aromatic N) is 3. The van der Waals surface area contributed by atoms with Crippen LogP contribution < -0.4 is 5.32 Å². The fraction of sp³-hybridized carbons (Fsp3) is 0.778. The second-order valence-electron chi connectivity index (χ2n) is 8.23. The molecule has 3 aliphatic rings. The van der Waals surface area contributed by atoms with E-state index in [2.05, 4.69) is 15.2 Å². The van der Waals surface area contributed by atoms with Gasteiger partial charge in [-0.25, -0.2) is 13.8 Å². The van der Waals surface area contributed by atoms with Crippen molar-refractivity contribution in [3.8, 4) is 0 Å². The van der Waals surface area contributed by atoms with Gasteiger partial charge in [0, 0.05) is 51.1 Å². The summed E-state index contributed by atoms with van der Waals surface area (Å²) < 4.78 is 28.0. The van der Waals surface area contributed by atoms with Crippen molar-refractivity contribution in [3.05, 3.63) is 18.2 Å². The van der Waals surface area contributed by atoms with Crippen LogP contribution in [0, 0.1) is 11.3 Å². The Balaban J connectivity index is 1.37. The molecular weight excluding hydrogens is 326 g/mol. The van der Waals surface area contributed by atoms with E-state index in [4.69, 9.17) is 0 Å². The summed E-state index contributed by atoms with van der Waals surface area (Å²) in [6, 6.07) is -0.341. The molecule has 0 bridgehead atoms. The van der Waals surface area contributed by atoms with Gasteiger partial charge in [-0.1, -0.05) is 6.42 Å². The average molecular weight is 352 g/mol. The molecule has 1 aromatic rings. The van der Waals surface area contributed by atoms with Crippen molar-refractivity contribution in [2.24, 2.45) is 18.4 Å². The Morgan fingerprint density at radius 1 is 1.40 bits per heavy atom. The molecule has 2 aliphatic carbocycles. The lowest BCUT2D eigenvalue weighted by atomic mass is 9.76. The summed E-state index contributed by atoms with van der Waals surface area (Å²) in [6.07, 6.45) is 7.31. The highest BCUT2D eigenvalue weighted by atomic mass is 19.3. The minimum absolute atomic E-state index is 0.000355. The van der Waals surface area contributed by atoms with E-state index >= 15 is 0 Å². The van der Waals surface area contributed by atoms with Gasteiger partial charge < -0.3 is 9.88 Å². The zero-order chi connectivity index (χ0) is 17.7. The molecular formula is C18H26F2N4O. The van der Waals surface area contributed by atoms with Crippen LogP contribution in [-0.2, 0) is 18.4 Å². The highest BCUT2D eigenvalue weighted by Crippen LogP contribution is 2.50. The number of alkyl halides is 2. The van der Waals surface area contributed by atoms with Gasteiger partial charge in [-0.15, -0.1) is 0 Å². The van der Waals surface area contributed by atoms with Gasteiger partial charge in [0.1, 0.15) is 0 Å². The van der Waals surface area contributed by atoms with E-state index in [1.807, 2.05) is 17.8 Å². The number of hydrogen-bond acceptors (Lipinski definition) is 3. The number of imidazole rings is 1. The number of halogens is 2. The van der Waals surface area contributed by atoms with E-state index in [1.54, 1.807) is 6.33 Å². The molecule has 25 heavy (non-hydrogen) atoms. The van der Waals surface area contributed by atoms with Crippen LogP contribution in [0.25, 0.3) is 0 Å². The van der Waals surface area contributed by atoms with Crippen LogP contribution in [0.4, 0.5) is 8.78 Å². The molecule has 2 saturated carbocycles. The molecule has 1 amide bonds. The van der Waals surface area contributed by atoms with E-state index < -0.39 is 5.92 Å². The Bertz CT molecular complexity index is 653. The molecule has 1 N–H and O–H groups in total. The van der Waals surface area contributed by atoms with Gasteiger partial charge >= 0.3 is 0 Å². The summed E-state index contributed by atoms with van der Waals surface area (Å²) >= 11 is 0. The maximum absolute atomic E-state index is 13.0. The van der Waals surface area contributed by atoms with Crippen LogP contribution >= 0.6 is 0 Å². The number of carbonyl (C=O) groups is 1. The molecule has 5 nitrogen and oxygen atoms in total. The van der Waals surface area contributed by atoms with E-state index in [0.29, 0.717) is 0 Å². The molecule has 0 radical (unpaired) electrons. The Morgan fingerprint density at radius 3 is 2.88 bits per heavy atom. The quantitative estimate of drug-likeness (QED) is 0.905. The molecule has 1 aromatic heterocycles. The van der Waals surface area contributed by atoms with Gasteiger partial charge in [-0.2, -0.15) is 0 Å². The molecule has 0 aromatic carbocycles. The second kappa shape index (κ2) is 6.04. The molecule has 2 unspecified atom stereocenters. The summed E-state index contributed by atoms with van der Waals surface area (Å²) in [6.45, 7) is 2.75. The number of nitrogens with one attached hydrogen (secondary N) is 1. The second-order valence-corrected chi connectivity index (χ2v) is 8.23. The smallest absolute Gasteiger partial charge is 0.252 e. The average Bonchev–Trinajstić information content (AvgIpc) is 3.21. The number of amides is 1. The van der Waals surface area contributed by atoms with E-state index in [-0.39, 0.29) is 36.1 Å². The van der Waals surface area contributed by atoms with Crippen molar-refractivity contribution in [2.75, 3.05) is 13.1 Å². The minimum atomic E-state index is -2.58. The zero-order valence-corrected chi connectivity index (χ0v) is 14.7. The van der Waals surface area contributed by atoms with Crippen molar-refractivity contribution >= 4 is 5.91 Å². The molecule has 2 atom stereocenters. The summed E-state index contributed by atoms with van der Waals surface area (Å²) in [5.74, 6) is -2.61. The fourth-order valence-electron chi connectivity index (χ4n) is 4.99. The Hall–Kier alpha value is -1.50. The number of carbonyl (C=O) groups excluding carboxylic acids is 1. The first-order chi connectivity index (χ1) is 11.9. The molecule has 2 heterocycles. The van der Waals surface area contributed by atoms with E-state index in [0.717, 1.165) is 45.3 Å². The van der Waals surface area contributed by atoms with Crippen molar-refractivity contribution in [1.29, 1.82) is 0 Å². The highest BCUT2D eigenvalue weighted by Gasteiger charge is 2.52. The van der Waals surface area contributed by atoms with Crippen LogP contribution in [0.2, 0.25) is 0 Å². The predicted octanol–water partition coefficient (Wildman–Crippen LogP) is 2.33. The molecule has 138 valence electrons. The van der Waals surface area contributed by atoms with Crippen LogP contribution in [0.5, 0.6) is 0 Å². The Morgan fingerprint density at radius 2 is 2.20 bits per heavy atom. The lowest BCUT2D eigenvalue weighted by Gasteiger charge is -2.38. The monoisotopic (exact) mass is 352 g/mol. The molecule has 1 spiro atoms. The fourth-order valence-corrected chi connectivity index (χ4v) is 4.99. The molecule has 4 rings (SSSR count). The van der Waals surface area contributed by atoms with Crippen LogP contribution in [-0.4, -0.2) is 45.4 Å². The lowest BCUT2D eigenvalue weighted by molar-refractivity contribution is -0.135. The number of aromatic nitrogens is 2. The van der Waals surface area contributed by atoms with Crippen LogP contribution in [0.3, 0.4) is 0 Å². The van der Waals surface area contributed by atoms with Crippen molar-refractivity contribution < 1.29 is 13.6 Å². The summed E-state index contributed by atoms with van der Waals surface area (Å²) in [5, 5.41) is 2.88. The third kappa shape index (κ3) is 3.18. The SMILES string of the molecule is Cn1cncc1CN1CCC2(CCCC2C(=O)NC2CC(F)(F)C2)C1. The number of hydrogen-bond donors (Lipinski definition) is 1. The first-order valence-electron chi connectivity index (χ1n) is 9.23. The predicted molar refractivity (Wildman–Crippen MR) is 89.0 cm³/mol. The third-order valence-electron chi connectivity index (χ3n) is 6.43. The van der Waals surface area contributed by atoms with Crippen molar-refractivity contribution in [1.82, 2.24) is 19.8 Å². The zero-order valence-electron chi connectivity index (χ0n) is 14.7. The number of rotatable bonds is 4. The first-order valence-corrected chi connectivity index (χ1v) is 9.23. The maximum atomic E-state index is 13.0. The molecule has 1 saturated heterocycles. The van der Waals surface area contributed by atoms with Gasteiger partial charge in [0.05, 0.1) is 12.0 Å². The van der Waals surface area contributed by atoms with Crippen LogP contribution in [0.1, 0.15) is 44.2 Å². The molecule has 3 fully saturated rings. The van der Waals surface area contributed by atoms with Crippen LogP contribution in [0.15, 0.2) is 12.5 Å². The van der Waals surface area contributed by atoms with Gasteiger partial charge in [0.2, 0.25) is 5.91 Å². The maximum Gasteiger partial charge on any atom is 0.252 e. The highest BCUT2D eigenvalue weighted by molar-refractivity contribution is 5.80. The van der Waals surface area contributed by atoms with Gasteiger partial charge in [-0.3, -0.25) is 9.69 Å². The minimum Gasteiger partial charge on any atom is -0.353 e. The van der Waals surface area contributed by atoms with Crippen molar-refractivity contribution in [3.63, 3.8) is 0 Å². The Kier molecular flexibility index (Phi) is 4.09. The summed E-state index contributed by atoms with van der Waals surface area (Å²) in [5.41, 5.74) is 1.20. The number of likely N-dealkylation sites (tertiary alicyclic amines) is 1. The summed E-state index contributed by atoms with van der Waals surface area (Å²) in [4.78, 5) is 19.3. The standard InChI is InChI=1S/C18H26F2N4O/c1-23-12-21-9-14(23)10-24-6-5-17(11-24)4-2-3-15(17)16(25)22-13-7-18(19,20)8-13/h9,12-13,15H,2-8,10-11H2,1H3,(H,22,25). The van der Waals surface area contributed by atoms with Gasteiger partial charge in [0.25, 0.3) is 5.92 Å². The third-order valence-corrected chi connectivity index (χ3v) is 6.43. The Labute approximate surface area is 146 Å². The van der Waals surface area contributed by atoms with E-state index in [1.165, 1.54) is 5.69 Å². The molecule has 1 aliphatic heterocycles. The van der Waals surface area contributed by atoms with Gasteiger partial charge in [-0.05, 0) is 31.2 Å². The topological polar surface area (TPSA) is 50.2 Å². The van der Waals surface area contributed by atoms with Crippen molar-refractivity contribution in [2.45, 2.75) is 57.0 Å². The van der Waals surface area contributed by atoms with E-state index in [9.17, 15) is 13.6 Å². The lowest BCUT2D eigenvalue weighted by Crippen LogP contribution is -2.53. The molecule has 7 heteroatoms. The normalized spacial score (nSPS) is 32.2. The van der Waals surface area contributed by atoms with Gasteiger partial charge in [0.15, 0.2) is 0 Å². The first kappa shape index (κ1) is 16.9. The number of aryl methyl sites for hydroxylation is 1. The summed E-state index contributed by atoms with van der Waals surface area (Å²) in [7, 11) is 1.99. The largest absolute Gasteiger partial charge is 0.353 e.